The number of hydrogen-bond donors (Lipinski definition) is 0. The van der Waals surface area contributed by atoms with E-state index in [4.69, 9.17) is 21.1 Å². The van der Waals surface area contributed by atoms with Gasteiger partial charge in [-0.2, -0.15) is 0 Å². The van der Waals surface area contributed by atoms with Gasteiger partial charge >= 0.3 is 5.97 Å². The Kier molecular flexibility index (Phi) is 7.13. The Morgan fingerprint density at radius 1 is 1.19 bits per heavy atom. The quantitative estimate of drug-likeness (QED) is 0.427. The summed E-state index contributed by atoms with van der Waals surface area (Å²) in [5.41, 5.74) is 2.03. The molecule has 0 bridgehead atoms. The molecule has 0 aliphatic carbocycles. The molecule has 0 spiro atoms. The predicted molar refractivity (Wildman–Crippen MR) is 106 cm³/mol. The first-order valence-electron chi connectivity index (χ1n) is 8.03. The Labute approximate surface area is 167 Å². The van der Waals surface area contributed by atoms with Crippen molar-refractivity contribution in [3.8, 4) is 11.1 Å². The zero-order valence-corrected chi connectivity index (χ0v) is 16.4. The van der Waals surface area contributed by atoms with Gasteiger partial charge in [-0.15, -0.1) is 12.4 Å². The molecule has 0 aliphatic rings. The van der Waals surface area contributed by atoms with Crippen LogP contribution in [0.1, 0.15) is 16.1 Å². The van der Waals surface area contributed by atoms with Crippen molar-refractivity contribution in [3.05, 3.63) is 64.6 Å². The minimum Gasteiger partial charge on any atom is -0.460 e. The maximum Gasteiger partial charge on any atom is 0.340 e. The first-order chi connectivity index (χ1) is 12.5. The van der Waals surface area contributed by atoms with Gasteiger partial charge < -0.3 is 9.47 Å². The molecule has 4 nitrogen and oxygen atoms in total. The van der Waals surface area contributed by atoms with Crippen LogP contribution in [0.4, 0.5) is 4.39 Å². The second kappa shape index (κ2) is 9.13. The second-order valence-electron chi connectivity index (χ2n) is 5.72. The van der Waals surface area contributed by atoms with Gasteiger partial charge in [-0.05, 0) is 31.2 Å². The number of esters is 1. The summed E-state index contributed by atoms with van der Waals surface area (Å²) in [6, 6.07) is 11.4. The monoisotopic (exact) mass is 409 g/mol. The van der Waals surface area contributed by atoms with E-state index in [0.29, 0.717) is 32.7 Å². The van der Waals surface area contributed by atoms with E-state index >= 15 is 0 Å². The fourth-order valence-electron chi connectivity index (χ4n) is 2.84. The largest absolute Gasteiger partial charge is 0.460 e. The first kappa shape index (κ1) is 21.1. The van der Waals surface area contributed by atoms with E-state index < -0.39 is 11.8 Å². The van der Waals surface area contributed by atoms with Crippen LogP contribution < -0.4 is 0 Å². The van der Waals surface area contributed by atoms with E-state index in [1.54, 1.807) is 43.3 Å². The highest BCUT2D eigenvalue weighted by molar-refractivity contribution is 6.31. The fourth-order valence-corrected chi connectivity index (χ4v) is 3.01. The van der Waals surface area contributed by atoms with Crippen LogP contribution in [0.25, 0.3) is 22.0 Å². The van der Waals surface area contributed by atoms with Gasteiger partial charge in [-0.25, -0.2) is 9.18 Å². The SMILES string of the molecule is COCCOC(=O)c1c(C)nc2ccc(Cl)cc2c1-c1ccccc1F.Cl. The summed E-state index contributed by atoms with van der Waals surface area (Å²) in [5.74, 6) is -1.02. The number of aryl methyl sites for hydroxylation is 1. The van der Waals surface area contributed by atoms with E-state index in [0.717, 1.165) is 0 Å². The molecule has 7 heteroatoms. The molecule has 0 radical (unpaired) electrons. The molecule has 3 rings (SSSR count). The second-order valence-corrected chi connectivity index (χ2v) is 6.15. The molecule has 3 aromatic rings. The Hall–Kier alpha value is -2.21. The summed E-state index contributed by atoms with van der Waals surface area (Å²) in [4.78, 5) is 17.2. The topological polar surface area (TPSA) is 48.4 Å². The maximum atomic E-state index is 14.6. The third kappa shape index (κ3) is 4.38. The van der Waals surface area contributed by atoms with Crippen LogP contribution in [0.2, 0.25) is 5.02 Å². The molecule has 0 unspecified atom stereocenters. The molecule has 0 fully saturated rings. The highest BCUT2D eigenvalue weighted by Gasteiger charge is 2.23. The fraction of sp³-hybridized carbons (Fsp3) is 0.200. The number of methoxy groups -OCH3 is 1. The minimum atomic E-state index is -0.577. The number of carbonyl (C=O) groups is 1. The number of nitrogens with zero attached hydrogens (tertiary/aromatic N) is 1. The molecule has 0 atom stereocenters. The molecule has 0 saturated heterocycles. The van der Waals surface area contributed by atoms with Crippen LogP contribution in [-0.4, -0.2) is 31.3 Å². The summed E-state index contributed by atoms with van der Waals surface area (Å²) in [5, 5.41) is 1.06. The van der Waals surface area contributed by atoms with E-state index in [9.17, 15) is 9.18 Å². The van der Waals surface area contributed by atoms with E-state index in [-0.39, 0.29) is 31.2 Å². The van der Waals surface area contributed by atoms with Gasteiger partial charge in [0, 0.05) is 28.6 Å². The lowest BCUT2D eigenvalue weighted by atomic mass is 9.94. The summed E-state index contributed by atoms with van der Waals surface area (Å²) in [6.07, 6.45) is 0. The van der Waals surface area contributed by atoms with Gasteiger partial charge in [0.2, 0.25) is 0 Å². The van der Waals surface area contributed by atoms with E-state index in [1.165, 1.54) is 13.2 Å². The average molecular weight is 410 g/mol. The first-order valence-corrected chi connectivity index (χ1v) is 8.41. The van der Waals surface area contributed by atoms with Crippen molar-refractivity contribution in [2.24, 2.45) is 0 Å². The Morgan fingerprint density at radius 2 is 1.93 bits per heavy atom. The summed E-state index contributed by atoms with van der Waals surface area (Å²) >= 11 is 6.14. The van der Waals surface area contributed by atoms with Crippen molar-refractivity contribution in [1.82, 2.24) is 4.98 Å². The lowest BCUT2D eigenvalue weighted by molar-refractivity contribution is 0.0388. The zero-order chi connectivity index (χ0) is 18.7. The number of fused-ring (bicyclic) bond motifs is 1. The van der Waals surface area contributed by atoms with E-state index in [1.807, 2.05) is 0 Å². The predicted octanol–water partition coefficient (Wildman–Crippen LogP) is 5.23. The molecule has 27 heavy (non-hydrogen) atoms. The molecule has 0 aliphatic heterocycles. The van der Waals surface area contributed by atoms with Crippen molar-refractivity contribution >= 4 is 40.9 Å². The van der Waals surface area contributed by atoms with Crippen molar-refractivity contribution < 1.29 is 18.7 Å². The number of carbonyl (C=O) groups excluding carboxylic acids is 1. The normalized spacial score (nSPS) is 10.5. The number of benzene rings is 2. The summed E-state index contributed by atoms with van der Waals surface area (Å²) in [7, 11) is 1.52. The van der Waals surface area contributed by atoms with Crippen molar-refractivity contribution in [1.29, 1.82) is 0 Å². The van der Waals surface area contributed by atoms with Crippen molar-refractivity contribution in [2.45, 2.75) is 6.92 Å². The summed E-state index contributed by atoms with van der Waals surface area (Å²) in [6.45, 7) is 2.07. The standard InChI is InChI=1S/C20H17ClFNO3.ClH/c1-12-18(20(24)26-10-9-25-2)19(14-5-3-4-6-16(14)22)15-11-13(21)7-8-17(15)23-12;/h3-8,11H,9-10H2,1-2H3;1H. The number of pyridine rings is 1. The van der Waals surface area contributed by atoms with Crippen LogP contribution in [-0.2, 0) is 9.47 Å². The van der Waals surface area contributed by atoms with Gasteiger partial charge in [0.15, 0.2) is 0 Å². The highest BCUT2D eigenvalue weighted by atomic mass is 35.5. The number of ether oxygens (including phenoxy) is 2. The zero-order valence-electron chi connectivity index (χ0n) is 14.8. The minimum absolute atomic E-state index is 0. The van der Waals surface area contributed by atoms with Crippen LogP contribution in [0.5, 0.6) is 0 Å². The van der Waals surface area contributed by atoms with Crippen LogP contribution >= 0.6 is 24.0 Å². The Bertz CT molecular complexity index is 979. The number of hydrogen-bond acceptors (Lipinski definition) is 4. The molecular weight excluding hydrogens is 392 g/mol. The van der Waals surface area contributed by atoms with Gasteiger partial charge in [-0.3, -0.25) is 4.98 Å². The maximum absolute atomic E-state index is 14.6. The Balaban J connectivity index is 0.00000261. The van der Waals surface area contributed by atoms with Gasteiger partial charge in [0.25, 0.3) is 0 Å². The smallest absolute Gasteiger partial charge is 0.340 e. The lowest BCUT2D eigenvalue weighted by Crippen LogP contribution is -2.14. The number of halogens is 3. The van der Waals surface area contributed by atoms with Gasteiger partial charge in [-0.1, -0.05) is 29.8 Å². The lowest BCUT2D eigenvalue weighted by Gasteiger charge is -2.16. The van der Waals surface area contributed by atoms with Crippen molar-refractivity contribution in [3.63, 3.8) is 0 Å². The third-order valence-corrected chi connectivity index (χ3v) is 4.23. The molecule has 1 heterocycles. The van der Waals surface area contributed by atoms with Crippen molar-refractivity contribution in [2.75, 3.05) is 20.3 Å². The third-order valence-electron chi connectivity index (χ3n) is 4.00. The number of aromatic nitrogens is 1. The molecular formula is C20H18Cl2FNO3. The van der Waals surface area contributed by atoms with Crippen LogP contribution in [0, 0.1) is 12.7 Å². The molecule has 0 saturated carbocycles. The molecule has 142 valence electrons. The van der Waals surface area contributed by atoms with Crippen LogP contribution in [0.3, 0.4) is 0 Å². The van der Waals surface area contributed by atoms with Gasteiger partial charge in [0.05, 0.1) is 23.4 Å². The number of rotatable bonds is 5. The molecule has 1 aromatic heterocycles. The Morgan fingerprint density at radius 3 is 2.63 bits per heavy atom. The van der Waals surface area contributed by atoms with Gasteiger partial charge in [0.1, 0.15) is 12.4 Å². The highest BCUT2D eigenvalue weighted by Crippen LogP contribution is 2.36. The summed E-state index contributed by atoms with van der Waals surface area (Å²) < 4.78 is 24.7. The van der Waals surface area contributed by atoms with E-state index in [2.05, 4.69) is 4.98 Å². The average Bonchev–Trinajstić information content (AvgIpc) is 2.62. The molecule has 2 aromatic carbocycles. The molecule has 0 N–H and O–H groups in total. The van der Waals surface area contributed by atoms with Crippen LogP contribution in [0.15, 0.2) is 42.5 Å². The molecule has 0 amide bonds.